The van der Waals surface area contributed by atoms with Crippen LogP contribution in [0.15, 0.2) is 77.7 Å². The predicted molar refractivity (Wildman–Crippen MR) is 141 cm³/mol. The Hall–Kier alpha value is -4.35. The third-order valence-electron chi connectivity index (χ3n) is 5.79. The van der Waals surface area contributed by atoms with E-state index < -0.39 is 32.7 Å². The van der Waals surface area contributed by atoms with Gasteiger partial charge in [0.25, 0.3) is 11.6 Å². The van der Waals surface area contributed by atoms with E-state index in [9.17, 15) is 33.2 Å². The summed E-state index contributed by atoms with van der Waals surface area (Å²) in [5.74, 6) is -2.04. The number of hydrogen-bond acceptors (Lipinski definition) is 7. The molecule has 194 valence electrons. The predicted octanol–water partition coefficient (Wildman–Crippen LogP) is 4.29. The first-order valence-electron chi connectivity index (χ1n) is 11.1. The van der Waals surface area contributed by atoms with E-state index >= 15 is 0 Å². The van der Waals surface area contributed by atoms with Crippen molar-refractivity contribution in [3.05, 3.63) is 99.1 Å². The maximum atomic E-state index is 12.7. The molecule has 0 fully saturated rings. The van der Waals surface area contributed by atoms with E-state index in [-0.39, 0.29) is 27.6 Å². The van der Waals surface area contributed by atoms with Crippen molar-refractivity contribution in [1.29, 1.82) is 0 Å². The lowest BCUT2D eigenvalue weighted by atomic mass is 10.0. The first kappa shape index (κ1) is 26.7. The number of nitrogens with one attached hydrogen (secondary N) is 1. The Balaban J connectivity index is 1.56. The van der Waals surface area contributed by atoms with Gasteiger partial charge in [0.15, 0.2) is 9.84 Å². The molecule has 0 saturated carbocycles. The van der Waals surface area contributed by atoms with Gasteiger partial charge in [-0.25, -0.2) is 18.2 Å². The molecule has 0 bridgehead atoms. The van der Waals surface area contributed by atoms with Gasteiger partial charge in [-0.05, 0) is 48.0 Å². The average molecular weight is 554 g/mol. The minimum Gasteiger partial charge on any atom is -0.480 e. The first-order valence-corrected chi connectivity index (χ1v) is 13.4. The minimum atomic E-state index is -3.53. The van der Waals surface area contributed by atoms with Crippen molar-refractivity contribution in [2.24, 2.45) is 0 Å². The molecule has 10 nitrogen and oxygen atoms in total. The fraction of sp³-hybridized carbons (Fsp3) is 0.115. The number of carbonyl (C=O) groups is 2. The fourth-order valence-electron chi connectivity index (χ4n) is 3.88. The summed E-state index contributed by atoms with van der Waals surface area (Å²) < 4.78 is 23.4. The highest BCUT2D eigenvalue weighted by atomic mass is 35.5. The highest BCUT2D eigenvalue weighted by Gasteiger charge is 2.23. The van der Waals surface area contributed by atoms with Gasteiger partial charge in [-0.1, -0.05) is 35.9 Å². The summed E-state index contributed by atoms with van der Waals surface area (Å²) >= 11 is 6.09. The second kappa shape index (κ2) is 10.6. The number of nitro benzene ring substituents is 1. The Morgan fingerprint density at radius 2 is 1.82 bits per heavy atom. The summed E-state index contributed by atoms with van der Waals surface area (Å²) in [6.07, 6.45) is 0.951. The molecule has 1 heterocycles. The van der Waals surface area contributed by atoms with Crippen molar-refractivity contribution >= 4 is 49.9 Å². The average Bonchev–Trinajstić information content (AvgIpc) is 2.87. The van der Waals surface area contributed by atoms with Crippen LogP contribution in [0.4, 0.5) is 5.69 Å². The quantitative estimate of drug-likeness (QED) is 0.241. The van der Waals surface area contributed by atoms with E-state index in [1.54, 1.807) is 48.5 Å². The Bertz CT molecular complexity index is 1710. The number of halogens is 1. The van der Waals surface area contributed by atoms with E-state index in [4.69, 9.17) is 11.6 Å². The molecule has 0 unspecified atom stereocenters. The monoisotopic (exact) mass is 553 g/mol. The summed E-state index contributed by atoms with van der Waals surface area (Å²) in [6.45, 7) is 0. The van der Waals surface area contributed by atoms with Gasteiger partial charge >= 0.3 is 5.97 Å². The van der Waals surface area contributed by atoms with Gasteiger partial charge in [-0.2, -0.15) is 0 Å². The number of aliphatic carboxylic acids is 1. The Kier molecular flexibility index (Phi) is 7.42. The number of sulfone groups is 1. The maximum Gasteiger partial charge on any atom is 0.326 e. The Morgan fingerprint density at radius 1 is 1.08 bits per heavy atom. The van der Waals surface area contributed by atoms with Gasteiger partial charge in [0.1, 0.15) is 6.04 Å². The minimum absolute atomic E-state index is 0.0536. The van der Waals surface area contributed by atoms with Crippen LogP contribution in [0.3, 0.4) is 0 Å². The van der Waals surface area contributed by atoms with Crippen molar-refractivity contribution in [1.82, 2.24) is 10.3 Å². The van der Waals surface area contributed by atoms with Crippen LogP contribution >= 0.6 is 11.6 Å². The van der Waals surface area contributed by atoms with Gasteiger partial charge in [-0.15, -0.1) is 0 Å². The number of fused-ring (bicyclic) bond motifs is 1. The SMILES string of the molecule is CS(=O)(=O)c1ccc(C(=O)N[C@@H](Cc2ccc3nc(-c4ccccc4[N+](=O)[O-])ccc3c2)C(=O)O)c(Cl)c1. The number of carboxylic acid groups (broad SMARTS) is 1. The van der Waals surface area contributed by atoms with Crippen molar-refractivity contribution in [2.75, 3.05) is 6.26 Å². The van der Waals surface area contributed by atoms with Gasteiger partial charge in [0, 0.05) is 24.1 Å². The number of carbonyl (C=O) groups excluding carboxylic acids is 1. The molecule has 0 radical (unpaired) electrons. The molecule has 1 aromatic heterocycles. The second-order valence-electron chi connectivity index (χ2n) is 8.48. The molecule has 0 spiro atoms. The molecule has 1 amide bonds. The number of pyridine rings is 1. The van der Waals surface area contributed by atoms with Crippen molar-refractivity contribution in [2.45, 2.75) is 17.4 Å². The molecular formula is C26H20ClN3O7S. The second-order valence-corrected chi connectivity index (χ2v) is 10.9. The van der Waals surface area contributed by atoms with Gasteiger partial charge < -0.3 is 10.4 Å². The van der Waals surface area contributed by atoms with Crippen LogP contribution < -0.4 is 5.32 Å². The van der Waals surface area contributed by atoms with Crippen molar-refractivity contribution < 1.29 is 28.0 Å². The normalized spacial score (nSPS) is 12.2. The van der Waals surface area contributed by atoms with Crippen LogP contribution in [0.1, 0.15) is 15.9 Å². The fourth-order valence-corrected chi connectivity index (χ4v) is 4.86. The molecule has 0 aliphatic rings. The number of nitrogens with zero attached hydrogens (tertiary/aromatic N) is 2. The molecule has 1 atom stereocenters. The lowest BCUT2D eigenvalue weighted by molar-refractivity contribution is -0.384. The van der Waals surface area contributed by atoms with Crippen LogP contribution in [0, 0.1) is 10.1 Å². The summed E-state index contributed by atoms with van der Waals surface area (Å²) in [7, 11) is -3.53. The molecule has 0 aliphatic heterocycles. The molecule has 4 aromatic rings. The number of para-hydroxylation sites is 1. The zero-order valence-electron chi connectivity index (χ0n) is 19.8. The van der Waals surface area contributed by atoms with Crippen LogP contribution in [0.25, 0.3) is 22.2 Å². The highest BCUT2D eigenvalue weighted by Crippen LogP contribution is 2.30. The summed E-state index contributed by atoms with van der Waals surface area (Å²) in [6, 6.07) is 17.0. The number of hydrogen-bond donors (Lipinski definition) is 2. The third-order valence-corrected chi connectivity index (χ3v) is 7.21. The lowest BCUT2D eigenvalue weighted by Crippen LogP contribution is -2.42. The van der Waals surface area contributed by atoms with E-state index in [1.165, 1.54) is 18.2 Å². The maximum absolute atomic E-state index is 12.7. The number of aromatic nitrogens is 1. The number of amides is 1. The third kappa shape index (κ3) is 5.79. The molecule has 12 heteroatoms. The first-order chi connectivity index (χ1) is 17.9. The Morgan fingerprint density at radius 3 is 2.47 bits per heavy atom. The van der Waals surface area contributed by atoms with E-state index in [2.05, 4.69) is 10.3 Å². The molecule has 38 heavy (non-hydrogen) atoms. The van der Waals surface area contributed by atoms with E-state index in [0.717, 1.165) is 12.3 Å². The molecule has 0 saturated heterocycles. The van der Waals surface area contributed by atoms with Crippen LogP contribution in [-0.4, -0.2) is 47.6 Å². The smallest absolute Gasteiger partial charge is 0.326 e. The molecule has 0 aliphatic carbocycles. The van der Waals surface area contributed by atoms with Crippen LogP contribution in [0.5, 0.6) is 0 Å². The number of nitro groups is 1. The van der Waals surface area contributed by atoms with Crippen LogP contribution in [0.2, 0.25) is 5.02 Å². The van der Waals surface area contributed by atoms with Gasteiger partial charge in [0.05, 0.1) is 37.2 Å². The zero-order chi connectivity index (χ0) is 27.6. The largest absolute Gasteiger partial charge is 0.480 e. The topological polar surface area (TPSA) is 157 Å². The zero-order valence-corrected chi connectivity index (χ0v) is 21.4. The summed E-state index contributed by atoms with van der Waals surface area (Å²) in [5.41, 5.74) is 1.83. The van der Waals surface area contributed by atoms with Gasteiger partial charge in [-0.3, -0.25) is 14.9 Å². The number of benzene rings is 3. The Labute approximate surface area is 222 Å². The van der Waals surface area contributed by atoms with E-state index in [1.807, 2.05) is 0 Å². The standard InChI is InChI=1S/C26H20ClN3O7S/c1-38(36,37)17-8-9-18(20(27)14-17)25(31)29-23(26(32)33)13-15-6-10-21-16(12-15)7-11-22(28-21)19-4-2-3-5-24(19)30(34)35/h2-12,14,23H,13H2,1H3,(H,29,31)(H,32,33)/t23-/m0/s1. The molecular weight excluding hydrogens is 534 g/mol. The number of carboxylic acids is 1. The lowest BCUT2D eigenvalue weighted by Gasteiger charge is -2.16. The molecule has 2 N–H and O–H groups in total. The molecule has 3 aromatic carbocycles. The van der Waals surface area contributed by atoms with Crippen LogP contribution in [-0.2, 0) is 21.1 Å². The number of rotatable bonds is 8. The highest BCUT2D eigenvalue weighted by molar-refractivity contribution is 7.90. The van der Waals surface area contributed by atoms with Gasteiger partial charge in [0.2, 0.25) is 0 Å². The van der Waals surface area contributed by atoms with E-state index in [0.29, 0.717) is 27.7 Å². The molecule has 4 rings (SSSR count). The summed E-state index contributed by atoms with van der Waals surface area (Å²) in [4.78, 5) is 40.0. The summed E-state index contributed by atoms with van der Waals surface area (Å²) in [5, 5.41) is 24.1. The van der Waals surface area contributed by atoms with Crippen molar-refractivity contribution in [3.63, 3.8) is 0 Å². The van der Waals surface area contributed by atoms with Crippen molar-refractivity contribution in [3.8, 4) is 11.3 Å².